The van der Waals surface area contributed by atoms with E-state index in [4.69, 9.17) is 0 Å². The molecule has 2 aromatic carbocycles. The van der Waals surface area contributed by atoms with Gasteiger partial charge in [0.25, 0.3) is 5.91 Å². The summed E-state index contributed by atoms with van der Waals surface area (Å²) in [5, 5.41) is 21.9. The van der Waals surface area contributed by atoms with Gasteiger partial charge in [0, 0.05) is 6.04 Å². The van der Waals surface area contributed by atoms with Crippen molar-refractivity contribution in [3.05, 3.63) is 70.8 Å². The van der Waals surface area contributed by atoms with Gasteiger partial charge in [-0.25, -0.2) is 0 Å². The summed E-state index contributed by atoms with van der Waals surface area (Å²) in [6, 6.07) is 17.1. The number of benzene rings is 2. The zero-order valence-electron chi connectivity index (χ0n) is 14.1. The van der Waals surface area contributed by atoms with Crippen LogP contribution in [0.2, 0.25) is 0 Å². The van der Waals surface area contributed by atoms with Crippen molar-refractivity contribution in [1.29, 1.82) is 5.26 Å². The average Bonchev–Trinajstić information content (AvgIpc) is 2.60. The second-order valence-corrected chi connectivity index (χ2v) is 6.41. The van der Waals surface area contributed by atoms with Gasteiger partial charge in [-0.1, -0.05) is 42.0 Å². The van der Waals surface area contributed by atoms with Crippen molar-refractivity contribution in [2.45, 2.75) is 32.2 Å². The number of carbonyl (C=O) groups is 1. The summed E-state index contributed by atoms with van der Waals surface area (Å²) < 4.78 is 0. The lowest BCUT2D eigenvalue weighted by Gasteiger charge is -2.26. The summed E-state index contributed by atoms with van der Waals surface area (Å²) in [5.41, 5.74) is 4.12. The van der Waals surface area contributed by atoms with E-state index in [2.05, 4.69) is 11.4 Å². The molecule has 1 heterocycles. The lowest BCUT2D eigenvalue weighted by atomic mass is 9.88. The van der Waals surface area contributed by atoms with Crippen molar-refractivity contribution in [3.8, 4) is 11.8 Å². The Bertz CT molecular complexity index is 860. The minimum Gasteiger partial charge on any atom is -0.508 e. The van der Waals surface area contributed by atoms with Gasteiger partial charge in [-0.15, -0.1) is 0 Å². The molecule has 0 spiro atoms. The van der Waals surface area contributed by atoms with Crippen molar-refractivity contribution in [3.63, 3.8) is 0 Å². The van der Waals surface area contributed by atoms with Gasteiger partial charge in [-0.2, -0.15) is 5.26 Å². The summed E-state index contributed by atoms with van der Waals surface area (Å²) in [6.45, 7) is 2.01. The number of carbonyl (C=O) groups excluding carboxylic acids is 1. The summed E-state index contributed by atoms with van der Waals surface area (Å²) >= 11 is 0. The summed E-state index contributed by atoms with van der Waals surface area (Å²) in [4.78, 5) is 12.3. The number of nitrogens with zero attached hydrogens (tertiary/aromatic N) is 1. The van der Waals surface area contributed by atoms with E-state index in [9.17, 15) is 15.2 Å². The van der Waals surface area contributed by atoms with Gasteiger partial charge in [-0.3, -0.25) is 4.79 Å². The standard InChI is InChI=1S/C21H20N2O2/c1-14-5-8-16(9-6-14)19-12-17(23-21(25)20(19)13-22)10-7-15-3-2-4-18(24)11-15/h2-6,8-9,11,17,24H,7,10,12H2,1H3,(H,23,25). The highest BCUT2D eigenvalue weighted by molar-refractivity contribution is 6.06. The maximum Gasteiger partial charge on any atom is 0.262 e. The molecule has 0 aromatic heterocycles. The number of aromatic hydroxyl groups is 1. The van der Waals surface area contributed by atoms with Crippen molar-refractivity contribution in [2.24, 2.45) is 0 Å². The lowest BCUT2D eigenvalue weighted by Crippen LogP contribution is -2.40. The van der Waals surface area contributed by atoms with Crippen LogP contribution in [0.3, 0.4) is 0 Å². The fraction of sp³-hybridized carbons (Fsp3) is 0.238. The van der Waals surface area contributed by atoms with Gasteiger partial charge >= 0.3 is 0 Å². The SMILES string of the molecule is Cc1ccc(C2=C(C#N)C(=O)NC(CCc3cccc(O)c3)C2)cc1. The van der Waals surface area contributed by atoms with Gasteiger partial charge in [0.05, 0.1) is 0 Å². The predicted molar refractivity (Wildman–Crippen MR) is 96.7 cm³/mol. The Labute approximate surface area is 147 Å². The van der Waals surface area contributed by atoms with Crippen molar-refractivity contribution in [2.75, 3.05) is 0 Å². The molecule has 0 radical (unpaired) electrons. The van der Waals surface area contributed by atoms with Crippen LogP contribution in [-0.2, 0) is 11.2 Å². The summed E-state index contributed by atoms with van der Waals surface area (Å²) in [6.07, 6.45) is 2.14. The van der Waals surface area contributed by atoms with Crippen LogP contribution in [-0.4, -0.2) is 17.1 Å². The highest BCUT2D eigenvalue weighted by Gasteiger charge is 2.27. The number of rotatable bonds is 4. The van der Waals surface area contributed by atoms with Crippen LogP contribution < -0.4 is 5.32 Å². The first kappa shape index (κ1) is 16.8. The number of hydrogen-bond acceptors (Lipinski definition) is 3. The molecule has 1 unspecified atom stereocenters. The lowest BCUT2D eigenvalue weighted by molar-refractivity contribution is -0.118. The first-order valence-electron chi connectivity index (χ1n) is 8.36. The van der Waals surface area contributed by atoms with Crippen LogP contribution in [0.15, 0.2) is 54.1 Å². The normalized spacial score (nSPS) is 17.1. The molecule has 0 bridgehead atoms. The van der Waals surface area contributed by atoms with Crippen LogP contribution in [0, 0.1) is 18.3 Å². The van der Waals surface area contributed by atoms with E-state index in [1.54, 1.807) is 12.1 Å². The molecule has 1 amide bonds. The molecule has 4 heteroatoms. The van der Waals surface area contributed by atoms with E-state index in [1.807, 2.05) is 43.3 Å². The van der Waals surface area contributed by atoms with Gasteiger partial charge in [-0.05, 0) is 55.0 Å². The molecular formula is C21H20N2O2. The quantitative estimate of drug-likeness (QED) is 0.900. The summed E-state index contributed by atoms with van der Waals surface area (Å²) in [7, 11) is 0. The number of phenols is 1. The second kappa shape index (κ2) is 7.23. The number of phenolic OH excluding ortho intramolecular Hbond substituents is 1. The van der Waals surface area contributed by atoms with Crippen LogP contribution in [0.5, 0.6) is 5.75 Å². The van der Waals surface area contributed by atoms with Crippen molar-refractivity contribution < 1.29 is 9.90 Å². The Morgan fingerprint density at radius 3 is 2.68 bits per heavy atom. The number of nitrogens with one attached hydrogen (secondary N) is 1. The molecule has 0 aliphatic carbocycles. The zero-order valence-corrected chi connectivity index (χ0v) is 14.1. The van der Waals surface area contributed by atoms with E-state index in [-0.39, 0.29) is 23.3 Å². The maximum atomic E-state index is 12.3. The minimum absolute atomic E-state index is 0.0248. The molecular weight excluding hydrogens is 312 g/mol. The first-order chi connectivity index (χ1) is 12.1. The molecule has 3 rings (SSSR count). The first-order valence-corrected chi connectivity index (χ1v) is 8.36. The smallest absolute Gasteiger partial charge is 0.262 e. The van der Waals surface area contributed by atoms with Gasteiger partial charge in [0.2, 0.25) is 0 Å². The molecule has 2 aromatic rings. The average molecular weight is 332 g/mol. The van der Waals surface area contributed by atoms with Crippen LogP contribution in [0.25, 0.3) is 5.57 Å². The molecule has 4 nitrogen and oxygen atoms in total. The number of amides is 1. The monoisotopic (exact) mass is 332 g/mol. The highest BCUT2D eigenvalue weighted by atomic mass is 16.3. The Kier molecular flexibility index (Phi) is 4.85. The van der Waals surface area contributed by atoms with Gasteiger partial charge in [0.15, 0.2) is 0 Å². The zero-order chi connectivity index (χ0) is 17.8. The number of aryl methyl sites for hydroxylation is 2. The van der Waals surface area contributed by atoms with E-state index in [0.717, 1.165) is 35.1 Å². The van der Waals surface area contributed by atoms with Gasteiger partial charge in [0.1, 0.15) is 17.4 Å². The minimum atomic E-state index is -0.301. The Morgan fingerprint density at radius 2 is 2.00 bits per heavy atom. The van der Waals surface area contributed by atoms with Crippen LogP contribution >= 0.6 is 0 Å². The highest BCUT2D eigenvalue weighted by Crippen LogP contribution is 2.29. The molecule has 25 heavy (non-hydrogen) atoms. The third kappa shape index (κ3) is 3.89. The van der Waals surface area contributed by atoms with Crippen molar-refractivity contribution >= 4 is 11.5 Å². The van der Waals surface area contributed by atoms with Crippen LogP contribution in [0.4, 0.5) is 0 Å². The fourth-order valence-electron chi connectivity index (χ4n) is 3.16. The number of nitriles is 1. The molecule has 0 saturated heterocycles. The van der Waals surface area contributed by atoms with E-state index in [0.29, 0.717) is 6.42 Å². The third-order valence-electron chi connectivity index (χ3n) is 4.52. The molecule has 1 aliphatic heterocycles. The largest absolute Gasteiger partial charge is 0.508 e. The molecule has 126 valence electrons. The molecule has 0 fully saturated rings. The fourth-order valence-corrected chi connectivity index (χ4v) is 3.16. The third-order valence-corrected chi connectivity index (χ3v) is 4.52. The molecule has 2 N–H and O–H groups in total. The molecule has 0 saturated carbocycles. The second-order valence-electron chi connectivity index (χ2n) is 6.41. The van der Waals surface area contributed by atoms with Crippen molar-refractivity contribution in [1.82, 2.24) is 5.32 Å². The van der Waals surface area contributed by atoms with Gasteiger partial charge < -0.3 is 10.4 Å². The van der Waals surface area contributed by atoms with Crippen LogP contribution in [0.1, 0.15) is 29.5 Å². The summed E-state index contributed by atoms with van der Waals surface area (Å²) in [5.74, 6) is -0.0533. The Morgan fingerprint density at radius 1 is 1.24 bits per heavy atom. The van der Waals surface area contributed by atoms with E-state index >= 15 is 0 Å². The molecule has 1 atom stereocenters. The predicted octanol–water partition coefficient (Wildman–Crippen LogP) is 3.50. The Hall–Kier alpha value is -3.06. The molecule has 1 aliphatic rings. The topological polar surface area (TPSA) is 73.1 Å². The number of hydrogen-bond donors (Lipinski definition) is 2. The Balaban J connectivity index is 1.79. The van der Waals surface area contributed by atoms with E-state index < -0.39 is 0 Å². The maximum absolute atomic E-state index is 12.3. The van der Waals surface area contributed by atoms with E-state index in [1.165, 1.54) is 0 Å².